The van der Waals surface area contributed by atoms with E-state index in [-0.39, 0.29) is 42.2 Å². The first kappa shape index (κ1) is 29.7. The highest BCUT2D eigenvalue weighted by atomic mass is 79.9. The molecule has 2 saturated heterocycles. The Morgan fingerprint density at radius 3 is 2.42 bits per heavy atom. The number of fused-ring (bicyclic) bond motifs is 4. The quantitative estimate of drug-likeness (QED) is 0.261. The second-order valence-corrected chi connectivity index (χ2v) is 13.4. The van der Waals surface area contributed by atoms with Gasteiger partial charge >= 0.3 is 0 Å². The highest BCUT2D eigenvalue weighted by Gasteiger charge is 2.70. The lowest BCUT2D eigenvalue weighted by molar-refractivity contribution is -0.140. The van der Waals surface area contributed by atoms with Gasteiger partial charge in [0.05, 0.1) is 40.4 Å². The fraction of sp³-hybridized carbons (Fsp3) is 0.314. The molecule has 2 aliphatic carbocycles. The van der Waals surface area contributed by atoms with Crippen molar-refractivity contribution in [3.05, 3.63) is 99.0 Å². The van der Waals surface area contributed by atoms with Crippen LogP contribution in [0.15, 0.2) is 82.9 Å². The second kappa shape index (κ2) is 10.8. The number of rotatable bonds is 5. The molecule has 2 heterocycles. The number of allylic oxidation sites excluding steroid dienone is 2. The van der Waals surface area contributed by atoms with Crippen molar-refractivity contribution in [3.8, 4) is 11.5 Å². The molecule has 6 unspecified atom stereocenters. The van der Waals surface area contributed by atoms with Gasteiger partial charge in [0.15, 0.2) is 11.5 Å². The van der Waals surface area contributed by atoms with E-state index in [9.17, 15) is 19.5 Å². The second-order valence-electron chi connectivity index (χ2n) is 12.1. The summed E-state index contributed by atoms with van der Waals surface area (Å²) in [7, 11) is 1.45. The van der Waals surface area contributed by atoms with Crippen molar-refractivity contribution in [1.29, 1.82) is 0 Å². The first-order valence-corrected chi connectivity index (χ1v) is 16.1. The molecule has 6 atom stereocenters. The zero-order chi connectivity index (χ0) is 31.8. The number of anilines is 1. The SMILES string of the molecule is CCN1C(=O)C2CC=C3C(CC4C(=O)N(c5cccc(Cl)c5)C(=O)C4(c4ccccc4)C3c3cc(Br)c(O)c(OC)c3)C2C1=O. The molecule has 3 aromatic rings. The lowest BCUT2D eigenvalue weighted by Gasteiger charge is -2.50. The van der Waals surface area contributed by atoms with Gasteiger partial charge in [-0.05, 0) is 83.1 Å². The molecule has 8 nitrogen and oxygen atoms in total. The lowest BCUT2D eigenvalue weighted by atomic mass is 9.49. The molecule has 0 aromatic heterocycles. The summed E-state index contributed by atoms with van der Waals surface area (Å²) in [6, 6.07) is 19.4. The number of halogens is 2. The van der Waals surface area contributed by atoms with E-state index in [0.717, 1.165) is 5.57 Å². The monoisotopic (exact) mass is 688 g/mol. The van der Waals surface area contributed by atoms with Gasteiger partial charge in [0, 0.05) is 17.5 Å². The molecule has 1 N–H and O–H groups in total. The Morgan fingerprint density at radius 1 is 0.978 bits per heavy atom. The third-order valence-electron chi connectivity index (χ3n) is 10.2. The van der Waals surface area contributed by atoms with Gasteiger partial charge in [0.1, 0.15) is 0 Å². The highest BCUT2D eigenvalue weighted by Crippen LogP contribution is 2.65. The zero-order valence-electron chi connectivity index (χ0n) is 24.6. The predicted molar refractivity (Wildman–Crippen MR) is 171 cm³/mol. The molecule has 0 radical (unpaired) electrons. The number of amides is 4. The van der Waals surface area contributed by atoms with Gasteiger partial charge in [-0.15, -0.1) is 0 Å². The lowest BCUT2D eigenvalue weighted by Crippen LogP contribution is -2.53. The van der Waals surface area contributed by atoms with Gasteiger partial charge < -0.3 is 9.84 Å². The summed E-state index contributed by atoms with van der Waals surface area (Å²) in [5.74, 6) is -4.32. The summed E-state index contributed by atoms with van der Waals surface area (Å²) in [5, 5.41) is 11.1. The van der Waals surface area contributed by atoms with E-state index in [4.69, 9.17) is 16.3 Å². The molecular weight excluding hydrogens is 660 g/mol. The minimum atomic E-state index is -1.41. The number of carbonyl (C=O) groups excluding carboxylic acids is 4. The van der Waals surface area contributed by atoms with Crippen LogP contribution in [0.3, 0.4) is 0 Å². The summed E-state index contributed by atoms with van der Waals surface area (Å²) < 4.78 is 5.90. The summed E-state index contributed by atoms with van der Waals surface area (Å²) in [4.78, 5) is 59.6. The number of methoxy groups -OCH3 is 1. The Kier molecular flexibility index (Phi) is 7.17. The predicted octanol–water partition coefficient (Wildman–Crippen LogP) is 6.00. The number of benzene rings is 3. The molecule has 45 heavy (non-hydrogen) atoms. The largest absolute Gasteiger partial charge is 0.503 e. The van der Waals surface area contributed by atoms with Gasteiger partial charge in [-0.25, -0.2) is 4.90 Å². The zero-order valence-corrected chi connectivity index (χ0v) is 26.9. The average Bonchev–Trinajstić information content (AvgIpc) is 3.42. The number of imide groups is 2. The number of ether oxygens (including phenoxy) is 1. The van der Waals surface area contributed by atoms with Crippen LogP contribution < -0.4 is 9.64 Å². The maximum absolute atomic E-state index is 15.2. The standard InChI is InChI=1S/C35H30BrClN2O6/c1-3-38-31(41)23-13-12-22-24(28(23)33(38)43)17-25-32(42)39(21-11-7-10-20(37)16-21)34(44)35(25,19-8-5-4-6-9-19)29(22)18-14-26(36)30(40)27(15-18)45-2/h4-12,14-16,23-25,28-29,40H,3,13,17H2,1-2H3. The number of likely N-dealkylation sites (tertiary alicyclic amines) is 1. The molecule has 230 valence electrons. The van der Waals surface area contributed by atoms with Crippen molar-refractivity contribution in [2.24, 2.45) is 23.7 Å². The number of phenolic OH excluding ortho intramolecular Hbond substituents is 1. The molecule has 3 fully saturated rings. The molecule has 4 aliphatic rings. The molecule has 3 aromatic carbocycles. The normalized spacial score (nSPS) is 29.0. The van der Waals surface area contributed by atoms with E-state index < -0.39 is 40.9 Å². The fourth-order valence-electron chi connectivity index (χ4n) is 8.41. The van der Waals surface area contributed by atoms with Crippen LogP contribution in [0.25, 0.3) is 0 Å². The van der Waals surface area contributed by atoms with Crippen molar-refractivity contribution in [2.75, 3.05) is 18.6 Å². The van der Waals surface area contributed by atoms with E-state index in [1.807, 2.05) is 36.4 Å². The molecule has 10 heteroatoms. The van der Waals surface area contributed by atoms with Gasteiger partial charge in [0.2, 0.25) is 23.6 Å². The van der Waals surface area contributed by atoms with Crippen LogP contribution in [0.4, 0.5) is 5.69 Å². The smallest absolute Gasteiger partial charge is 0.246 e. The summed E-state index contributed by atoms with van der Waals surface area (Å²) in [6.45, 7) is 2.06. The van der Waals surface area contributed by atoms with E-state index >= 15 is 4.79 Å². The molecule has 0 bridgehead atoms. The highest BCUT2D eigenvalue weighted by molar-refractivity contribution is 9.10. The Bertz CT molecular complexity index is 1810. The van der Waals surface area contributed by atoms with Gasteiger partial charge in [-0.3, -0.25) is 24.1 Å². The third kappa shape index (κ3) is 4.09. The Balaban J connectivity index is 1.53. The number of aromatic hydroxyl groups is 1. The number of hydrogen-bond donors (Lipinski definition) is 1. The molecule has 7 rings (SSSR count). The van der Waals surface area contributed by atoms with Crippen LogP contribution in [0.1, 0.15) is 36.8 Å². The topological polar surface area (TPSA) is 104 Å². The summed E-state index contributed by atoms with van der Waals surface area (Å²) >= 11 is 9.83. The van der Waals surface area contributed by atoms with Crippen LogP contribution in [-0.4, -0.2) is 47.3 Å². The number of carbonyl (C=O) groups is 4. The summed E-state index contributed by atoms with van der Waals surface area (Å²) in [5.41, 5.74) is 1.09. The van der Waals surface area contributed by atoms with Crippen LogP contribution >= 0.6 is 27.5 Å². The average molecular weight is 690 g/mol. The van der Waals surface area contributed by atoms with E-state index in [2.05, 4.69) is 15.9 Å². The molecule has 4 amide bonds. The molecule has 1 saturated carbocycles. The van der Waals surface area contributed by atoms with Crippen molar-refractivity contribution >= 4 is 56.8 Å². The van der Waals surface area contributed by atoms with Crippen LogP contribution in [-0.2, 0) is 24.6 Å². The third-order valence-corrected chi connectivity index (χ3v) is 11.0. The van der Waals surface area contributed by atoms with E-state index in [0.29, 0.717) is 32.7 Å². The van der Waals surface area contributed by atoms with Gasteiger partial charge in [-0.1, -0.05) is 59.6 Å². The minimum Gasteiger partial charge on any atom is -0.503 e. The fourth-order valence-corrected chi connectivity index (χ4v) is 9.06. The minimum absolute atomic E-state index is 0.0962. The number of phenols is 1. The first-order chi connectivity index (χ1) is 21.6. The Hall–Kier alpha value is -3.95. The van der Waals surface area contributed by atoms with Crippen molar-refractivity contribution in [3.63, 3.8) is 0 Å². The number of hydrogen-bond acceptors (Lipinski definition) is 6. The maximum atomic E-state index is 15.2. The maximum Gasteiger partial charge on any atom is 0.246 e. The van der Waals surface area contributed by atoms with Gasteiger partial charge in [-0.2, -0.15) is 0 Å². The Labute approximate surface area is 273 Å². The van der Waals surface area contributed by atoms with E-state index in [1.54, 1.807) is 43.3 Å². The Morgan fingerprint density at radius 2 is 1.73 bits per heavy atom. The van der Waals surface area contributed by atoms with Gasteiger partial charge in [0.25, 0.3) is 0 Å². The van der Waals surface area contributed by atoms with Crippen LogP contribution in [0.2, 0.25) is 5.02 Å². The molecule has 2 aliphatic heterocycles. The first-order valence-electron chi connectivity index (χ1n) is 15.0. The van der Waals surface area contributed by atoms with Crippen molar-refractivity contribution in [1.82, 2.24) is 4.90 Å². The van der Waals surface area contributed by atoms with Crippen molar-refractivity contribution < 1.29 is 29.0 Å². The van der Waals surface area contributed by atoms with E-state index in [1.165, 1.54) is 16.9 Å². The van der Waals surface area contributed by atoms with Crippen molar-refractivity contribution in [2.45, 2.75) is 31.1 Å². The van der Waals surface area contributed by atoms with Crippen LogP contribution in [0.5, 0.6) is 11.5 Å². The molecular formula is C35H30BrClN2O6. The molecule has 0 spiro atoms. The van der Waals surface area contributed by atoms with Crippen LogP contribution in [0, 0.1) is 23.7 Å². The number of nitrogens with zero attached hydrogens (tertiary/aromatic N) is 2. The summed E-state index contributed by atoms with van der Waals surface area (Å²) in [6.07, 6.45) is 2.57.